The lowest BCUT2D eigenvalue weighted by molar-refractivity contribution is -0.118. The van der Waals surface area contributed by atoms with Gasteiger partial charge in [-0.3, -0.25) is 9.59 Å². The summed E-state index contributed by atoms with van der Waals surface area (Å²) in [6.45, 7) is 14.4. The summed E-state index contributed by atoms with van der Waals surface area (Å²) in [6.07, 6.45) is 20.9. The third-order valence-corrected chi connectivity index (χ3v) is 18.7. The van der Waals surface area contributed by atoms with Crippen LogP contribution in [0.1, 0.15) is 199 Å². The maximum Gasteiger partial charge on any atom is 0.338 e. The lowest BCUT2D eigenvalue weighted by atomic mass is 9.81. The molecule has 90 heavy (non-hydrogen) atoms. The molecule has 18 heteroatoms. The number of rotatable bonds is 21. The van der Waals surface area contributed by atoms with Crippen LogP contribution in [0.15, 0.2) is 83.9 Å². The molecular weight excluding hydrogens is 1150 g/mol. The molecule has 6 aromatic rings. The smallest absolute Gasteiger partial charge is 0.338 e. The van der Waals surface area contributed by atoms with Gasteiger partial charge in [-0.05, 0) is 213 Å². The first-order chi connectivity index (χ1) is 43.0. The fourth-order valence-electron chi connectivity index (χ4n) is 13.3. The minimum Gasteiger partial charge on any atom is -0.497 e. The molecule has 4 aromatic carbocycles. The normalized spacial score (nSPS) is 15.4. The van der Waals surface area contributed by atoms with Crippen LogP contribution in [0.4, 0.5) is 0 Å². The van der Waals surface area contributed by atoms with E-state index in [0.717, 1.165) is 123 Å². The zero-order valence-corrected chi connectivity index (χ0v) is 55.5. The molecular formula is C72H95N7O10S. The van der Waals surface area contributed by atoms with Gasteiger partial charge in [-0.25, -0.2) is 14.7 Å². The molecule has 0 unspecified atom stereocenters. The topological polar surface area (TPSA) is 215 Å². The second kappa shape index (κ2) is 29.4. The number of aromatic nitrogens is 2. The highest BCUT2D eigenvalue weighted by Gasteiger charge is 2.34. The van der Waals surface area contributed by atoms with Crippen molar-refractivity contribution in [3.8, 4) is 34.0 Å². The first-order valence-corrected chi connectivity index (χ1v) is 34.0. The third kappa shape index (κ3) is 16.3. The van der Waals surface area contributed by atoms with Crippen molar-refractivity contribution < 1.29 is 46.5 Å². The Morgan fingerprint density at radius 2 is 0.978 bits per heavy atom. The van der Waals surface area contributed by atoms with Gasteiger partial charge in [-0.15, -0.1) is 0 Å². The lowest BCUT2D eigenvalue weighted by Crippen LogP contribution is -2.34. The quantitative estimate of drug-likeness (QED) is 0.0393. The number of nitrogens with one attached hydrogen (secondary N) is 3. The van der Waals surface area contributed by atoms with E-state index in [9.17, 15) is 27.6 Å². The fraction of sp³-hybridized carbons (Fsp3) is 0.500. The summed E-state index contributed by atoms with van der Waals surface area (Å²) in [5.74, 6) is 1.32. The Morgan fingerprint density at radius 1 is 0.567 bits per heavy atom. The van der Waals surface area contributed by atoms with Gasteiger partial charge in [0.05, 0.1) is 49.8 Å². The van der Waals surface area contributed by atoms with Gasteiger partial charge in [0.2, 0.25) is 11.8 Å². The van der Waals surface area contributed by atoms with Gasteiger partial charge in [-0.1, -0.05) is 63.5 Å². The van der Waals surface area contributed by atoms with Crippen molar-refractivity contribution in [3.05, 3.63) is 117 Å². The molecule has 0 atom stereocenters. The number of fused-ring (bicyclic) bond motifs is 10. The zero-order chi connectivity index (χ0) is 64.5. The van der Waals surface area contributed by atoms with Crippen LogP contribution in [-0.2, 0) is 42.4 Å². The number of methoxy groups -OCH3 is 2. The summed E-state index contributed by atoms with van der Waals surface area (Å²) in [6, 6.07) is 24.0. The number of nitrogens with two attached hydrogens (primary N) is 1. The summed E-state index contributed by atoms with van der Waals surface area (Å²) >= 11 is 0. The van der Waals surface area contributed by atoms with E-state index >= 15 is 0 Å². The summed E-state index contributed by atoms with van der Waals surface area (Å²) in [4.78, 5) is 53.8. The summed E-state index contributed by atoms with van der Waals surface area (Å²) in [7, 11) is 3.03. The number of benzene rings is 4. The zero-order valence-electron chi connectivity index (χ0n) is 54.7. The van der Waals surface area contributed by atoms with Crippen LogP contribution in [0.25, 0.3) is 56.5 Å². The molecule has 4 heterocycles. The van der Waals surface area contributed by atoms with Crippen molar-refractivity contribution in [1.29, 1.82) is 0 Å². The molecule has 0 radical (unpaired) electrons. The van der Waals surface area contributed by atoms with Crippen LogP contribution in [0, 0.1) is 0 Å². The van der Waals surface area contributed by atoms with Crippen LogP contribution in [0.2, 0.25) is 0 Å². The minimum atomic E-state index is -3.70. The number of carbonyl (C=O) groups is 4. The molecule has 2 saturated carbocycles. The maximum atomic E-state index is 13.8. The number of unbranched alkanes of at least 4 members (excludes halogenated alkanes) is 4. The maximum absolute atomic E-state index is 13.8. The molecule has 0 bridgehead atoms. The highest BCUT2D eigenvalue weighted by Crippen LogP contribution is 2.49. The van der Waals surface area contributed by atoms with Gasteiger partial charge in [0, 0.05) is 70.8 Å². The molecule has 0 saturated heterocycles. The number of esters is 2. The summed E-state index contributed by atoms with van der Waals surface area (Å²) < 4.78 is 51.2. The van der Waals surface area contributed by atoms with E-state index < -0.39 is 21.4 Å². The Morgan fingerprint density at radius 3 is 1.37 bits per heavy atom. The number of hydrogen-bond acceptors (Lipinski definition) is 11. The number of hydrogen-bond donors (Lipinski definition) is 4. The van der Waals surface area contributed by atoms with Crippen molar-refractivity contribution >= 4 is 67.9 Å². The lowest BCUT2D eigenvalue weighted by Gasteiger charge is -2.24. The van der Waals surface area contributed by atoms with Gasteiger partial charge in [0.15, 0.2) is 0 Å². The predicted octanol–water partition coefficient (Wildman–Crippen LogP) is 13.4. The van der Waals surface area contributed by atoms with E-state index in [1.165, 1.54) is 56.7 Å². The molecule has 484 valence electrons. The second-order valence-electron chi connectivity index (χ2n) is 26.7. The first-order valence-electron chi connectivity index (χ1n) is 32.5. The van der Waals surface area contributed by atoms with E-state index in [1.807, 2.05) is 109 Å². The van der Waals surface area contributed by atoms with Crippen LogP contribution in [0.5, 0.6) is 11.5 Å². The van der Waals surface area contributed by atoms with E-state index in [4.69, 9.17) is 24.1 Å². The highest BCUT2D eigenvalue weighted by molar-refractivity contribution is 7.86. The summed E-state index contributed by atoms with van der Waals surface area (Å²) in [5.41, 5.74) is 11.8. The standard InChI is InChI=1S/C36H48N4O6S.C36H47N3O4/c1-36(2,3)46-35(42)25-14-16-30-31(22-25)40-23-27(34(41)38-18-10-7-11-19-39(4)47(37,43)44)20-26-21-28(45-5)15-17-29(26)33(40)32(30)24-12-8-6-9-13-24;1-36(2,3)43-35(41)25-14-16-30-31(22-25)39-23-27(34(40)38-19-11-7-10-18-37-4)20-26-21-28(42-5)15-17-29(26)33(39)32(30)24-12-8-6-9-13-24/h14-17,20-22,24H,6-13,18-19,23H2,1-5H3,(H,38,41)(H2,37,43,44);14-17,20-22,24,37H,6-13,18-19,23H2,1-5H3,(H,38,40). The van der Waals surface area contributed by atoms with Crippen molar-refractivity contribution in [3.63, 3.8) is 0 Å². The Labute approximate surface area is 532 Å². The third-order valence-electron chi connectivity index (χ3n) is 17.7. The first kappa shape index (κ1) is 67.2. The monoisotopic (exact) mass is 1250 g/mol. The van der Waals surface area contributed by atoms with Gasteiger partial charge in [0.1, 0.15) is 22.7 Å². The molecule has 17 nitrogen and oxygen atoms in total. The molecule has 5 N–H and O–H groups in total. The molecule has 2 fully saturated rings. The van der Waals surface area contributed by atoms with Crippen LogP contribution in [-0.4, -0.2) is 111 Å². The van der Waals surface area contributed by atoms with Crippen molar-refractivity contribution in [1.82, 2.24) is 29.4 Å². The largest absolute Gasteiger partial charge is 0.497 e. The Balaban J connectivity index is 0.000000214. The van der Waals surface area contributed by atoms with Gasteiger partial charge in [0.25, 0.3) is 10.2 Å². The SMILES string of the molecule is CNCCCCCNC(=O)C1=Cc2cc(OC)ccc2-c2c(C3CCCCC3)c3ccc(C(=O)OC(C)(C)C)cc3n2C1.COc1ccc2c(c1)C=C(C(=O)NCCCCCN(C)S(N)(=O)=O)Cn1c-2c(C2CCCCC2)c2ccc(C(=O)OC(C)(C)C)cc21. The van der Waals surface area contributed by atoms with E-state index in [0.29, 0.717) is 85.4 Å². The number of nitrogens with zero attached hydrogens (tertiary/aromatic N) is 3. The van der Waals surface area contributed by atoms with Crippen molar-refractivity contribution in [2.45, 2.75) is 180 Å². The molecule has 10 rings (SSSR count). The van der Waals surface area contributed by atoms with Gasteiger partial charge >= 0.3 is 11.9 Å². The van der Waals surface area contributed by atoms with Crippen molar-refractivity contribution in [2.75, 3.05) is 54.5 Å². The average Bonchev–Trinajstić information content (AvgIpc) is 1.58. The second-order valence-corrected chi connectivity index (χ2v) is 28.3. The van der Waals surface area contributed by atoms with E-state index in [-0.39, 0.29) is 23.8 Å². The predicted molar refractivity (Wildman–Crippen MR) is 359 cm³/mol. The number of amides is 2. The molecule has 2 aromatic heterocycles. The van der Waals surface area contributed by atoms with Gasteiger partial charge < -0.3 is 44.0 Å². The number of carbonyl (C=O) groups excluding carboxylic acids is 4. The van der Waals surface area contributed by atoms with Crippen LogP contribution >= 0.6 is 0 Å². The minimum absolute atomic E-state index is 0.0559. The Hall–Kier alpha value is -7.25. The van der Waals surface area contributed by atoms with Crippen LogP contribution in [0.3, 0.4) is 0 Å². The molecule has 2 aliphatic carbocycles. The Kier molecular flexibility index (Phi) is 21.9. The molecule has 2 aliphatic heterocycles. The van der Waals surface area contributed by atoms with E-state index in [1.54, 1.807) is 14.2 Å². The molecule has 2 amide bonds. The Bertz CT molecular complexity index is 3770. The number of ether oxygens (including phenoxy) is 4. The van der Waals surface area contributed by atoms with Crippen LogP contribution < -0.4 is 30.6 Å². The fourth-order valence-corrected chi connectivity index (χ4v) is 13.7. The molecule has 0 spiro atoms. The highest BCUT2D eigenvalue weighted by atomic mass is 32.2. The van der Waals surface area contributed by atoms with Crippen molar-refractivity contribution in [2.24, 2.45) is 5.14 Å². The summed E-state index contributed by atoms with van der Waals surface area (Å²) in [5, 5.41) is 16.9. The average molecular weight is 1250 g/mol. The van der Waals surface area contributed by atoms with E-state index in [2.05, 4.69) is 49.4 Å². The van der Waals surface area contributed by atoms with Gasteiger partial charge in [-0.2, -0.15) is 12.7 Å². The molecule has 4 aliphatic rings.